The zero-order valence-corrected chi connectivity index (χ0v) is 17.1. The van der Waals surface area contributed by atoms with Crippen LogP contribution in [-0.4, -0.2) is 40.9 Å². The van der Waals surface area contributed by atoms with Gasteiger partial charge in [0, 0.05) is 12.6 Å². The molecule has 3 aromatic rings. The van der Waals surface area contributed by atoms with Crippen LogP contribution in [0.25, 0.3) is 21.3 Å². The Morgan fingerprint density at radius 2 is 2.07 bits per heavy atom. The number of aliphatic hydroxyl groups is 1. The Balaban J connectivity index is 1.65. The number of pyridine rings is 1. The van der Waals surface area contributed by atoms with Gasteiger partial charge in [-0.2, -0.15) is 0 Å². The van der Waals surface area contributed by atoms with E-state index in [-0.39, 0.29) is 6.04 Å². The molecule has 7 nitrogen and oxygen atoms in total. The number of nitrogens with zero attached hydrogens (tertiary/aromatic N) is 3. The second-order valence-electron chi connectivity index (χ2n) is 7.44. The highest BCUT2D eigenvalue weighted by Gasteiger charge is 2.28. The first kappa shape index (κ1) is 18.8. The fourth-order valence-corrected chi connectivity index (χ4v) is 5.46. The number of hydrogen-bond donors (Lipinski definition) is 2. The van der Waals surface area contributed by atoms with Crippen molar-refractivity contribution in [2.45, 2.75) is 44.8 Å². The molecule has 1 atom stereocenters. The SMILES string of the molecule is C[C@@H](O)c1nc2cnc3ccsc3c2n1C1CCC(CNS(C)(=O)=O)CC1. The number of aliphatic hydroxyl groups excluding tert-OH is 1. The van der Waals surface area contributed by atoms with Crippen LogP contribution in [-0.2, 0) is 10.0 Å². The summed E-state index contributed by atoms with van der Waals surface area (Å²) in [6.07, 6.45) is 6.11. The summed E-state index contributed by atoms with van der Waals surface area (Å²) < 4.78 is 28.6. The van der Waals surface area contributed by atoms with E-state index in [2.05, 4.69) is 19.3 Å². The van der Waals surface area contributed by atoms with E-state index in [1.807, 2.05) is 11.4 Å². The van der Waals surface area contributed by atoms with Crippen LogP contribution in [0.5, 0.6) is 0 Å². The summed E-state index contributed by atoms with van der Waals surface area (Å²) in [5.74, 6) is 1.04. The Kier molecular flexibility index (Phi) is 4.96. The number of fused-ring (bicyclic) bond motifs is 3. The van der Waals surface area contributed by atoms with Crippen molar-refractivity contribution in [2.75, 3.05) is 12.8 Å². The summed E-state index contributed by atoms with van der Waals surface area (Å²) in [7, 11) is -3.15. The van der Waals surface area contributed by atoms with E-state index in [0.717, 1.165) is 46.9 Å². The van der Waals surface area contributed by atoms with Crippen LogP contribution >= 0.6 is 11.3 Å². The fraction of sp³-hybridized carbons (Fsp3) is 0.556. The summed E-state index contributed by atoms with van der Waals surface area (Å²) >= 11 is 1.65. The van der Waals surface area contributed by atoms with Crippen molar-refractivity contribution in [1.82, 2.24) is 19.3 Å². The maximum atomic E-state index is 11.3. The fourth-order valence-electron chi connectivity index (χ4n) is 4.04. The predicted octanol–water partition coefficient (Wildman–Crippen LogP) is 2.98. The van der Waals surface area contributed by atoms with Gasteiger partial charge >= 0.3 is 0 Å². The van der Waals surface area contributed by atoms with Crippen molar-refractivity contribution in [3.63, 3.8) is 0 Å². The van der Waals surface area contributed by atoms with Crippen LogP contribution in [0.4, 0.5) is 0 Å². The van der Waals surface area contributed by atoms with Gasteiger partial charge in [0.15, 0.2) is 0 Å². The molecule has 0 saturated heterocycles. The summed E-state index contributed by atoms with van der Waals surface area (Å²) in [6, 6.07) is 2.26. The van der Waals surface area contributed by atoms with Gasteiger partial charge in [-0.3, -0.25) is 4.98 Å². The number of imidazole rings is 1. The monoisotopic (exact) mass is 408 g/mol. The van der Waals surface area contributed by atoms with Crippen molar-refractivity contribution in [3.8, 4) is 0 Å². The Morgan fingerprint density at radius 3 is 2.74 bits per heavy atom. The highest BCUT2D eigenvalue weighted by Crippen LogP contribution is 2.39. The molecule has 2 N–H and O–H groups in total. The molecule has 0 unspecified atom stereocenters. The van der Waals surface area contributed by atoms with E-state index in [9.17, 15) is 13.5 Å². The highest BCUT2D eigenvalue weighted by molar-refractivity contribution is 7.88. The Bertz CT molecular complexity index is 1060. The topological polar surface area (TPSA) is 97.1 Å². The summed E-state index contributed by atoms with van der Waals surface area (Å²) in [6.45, 7) is 2.25. The molecule has 0 aliphatic heterocycles. The minimum absolute atomic E-state index is 0.252. The van der Waals surface area contributed by atoms with Crippen LogP contribution in [0.15, 0.2) is 17.6 Å². The summed E-state index contributed by atoms with van der Waals surface area (Å²) in [4.78, 5) is 9.15. The normalized spacial score (nSPS) is 22.5. The van der Waals surface area contributed by atoms with E-state index in [1.165, 1.54) is 6.26 Å². The van der Waals surface area contributed by atoms with Gasteiger partial charge in [-0.15, -0.1) is 11.3 Å². The van der Waals surface area contributed by atoms with Gasteiger partial charge in [0.05, 0.1) is 28.2 Å². The molecule has 0 aromatic carbocycles. The number of sulfonamides is 1. The maximum Gasteiger partial charge on any atom is 0.208 e. The Labute approximate surface area is 162 Å². The molecule has 1 fully saturated rings. The molecule has 0 spiro atoms. The van der Waals surface area contributed by atoms with Crippen LogP contribution in [0, 0.1) is 5.92 Å². The number of rotatable bonds is 5. The smallest absolute Gasteiger partial charge is 0.208 e. The summed E-state index contributed by atoms with van der Waals surface area (Å²) in [5.41, 5.74) is 2.84. The third kappa shape index (κ3) is 3.73. The lowest BCUT2D eigenvalue weighted by Crippen LogP contribution is -2.31. The minimum Gasteiger partial charge on any atom is -0.385 e. The van der Waals surface area contributed by atoms with Crippen molar-refractivity contribution >= 4 is 42.6 Å². The molecule has 4 rings (SSSR count). The van der Waals surface area contributed by atoms with Crippen LogP contribution in [0.1, 0.15) is 50.6 Å². The minimum atomic E-state index is -3.15. The quantitative estimate of drug-likeness (QED) is 0.676. The van der Waals surface area contributed by atoms with Crippen molar-refractivity contribution in [2.24, 2.45) is 5.92 Å². The van der Waals surface area contributed by atoms with Gasteiger partial charge in [-0.1, -0.05) is 0 Å². The average Bonchev–Trinajstić information content (AvgIpc) is 3.23. The van der Waals surface area contributed by atoms with Gasteiger partial charge in [-0.25, -0.2) is 18.1 Å². The first-order valence-electron chi connectivity index (χ1n) is 9.20. The van der Waals surface area contributed by atoms with Gasteiger partial charge in [0.2, 0.25) is 10.0 Å². The lowest BCUT2D eigenvalue weighted by atomic mass is 9.86. The van der Waals surface area contributed by atoms with E-state index in [4.69, 9.17) is 0 Å². The summed E-state index contributed by atoms with van der Waals surface area (Å²) in [5, 5.41) is 12.3. The first-order valence-corrected chi connectivity index (χ1v) is 12.0. The lowest BCUT2D eigenvalue weighted by Gasteiger charge is -2.31. The molecule has 146 valence electrons. The zero-order valence-electron chi connectivity index (χ0n) is 15.4. The van der Waals surface area contributed by atoms with E-state index in [0.29, 0.717) is 18.3 Å². The molecule has 27 heavy (non-hydrogen) atoms. The van der Waals surface area contributed by atoms with E-state index < -0.39 is 16.1 Å². The van der Waals surface area contributed by atoms with Gasteiger partial charge in [0.25, 0.3) is 0 Å². The molecule has 9 heteroatoms. The molecular formula is C18H24N4O3S2. The zero-order chi connectivity index (χ0) is 19.2. The number of nitrogens with one attached hydrogen (secondary N) is 1. The van der Waals surface area contributed by atoms with Crippen molar-refractivity contribution in [1.29, 1.82) is 0 Å². The Hall–Kier alpha value is -1.55. The molecule has 3 aromatic heterocycles. The molecule has 1 aliphatic carbocycles. The first-order chi connectivity index (χ1) is 12.8. The van der Waals surface area contributed by atoms with Crippen molar-refractivity contribution < 1.29 is 13.5 Å². The van der Waals surface area contributed by atoms with Crippen LogP contribution in [0.3, 0.4) is 0 Å². The molecule has 0 radical (unpaired) electrons. The van der Waals surface area contributed by atoms with E-state index in [1.54, 1.807) is 24.5 Å². The molecule has 3 heterocycles. The third-order valence-corrected chi connectivity index (χ3v) is 6.94. The molecular weight excluding hydrogens is 384 g/mol. The maximum absolute atomic E-state index is 11.3. The van der Waals surface area contributed by atoms with E-state index >= 15 is 0 Å². The van der Waals surface area contributed by atoms with Crippen molar-refractivity contribution in [3.05, 3.63) is 23.5 Å². The second kappa shape index (κ2) is 7.12. The Morgan fingerprint density at radius 1 is 1.33 bits per heavy atom. The largest absolute Gasteiger partial charge is 0.385 e. The van der Waals surface area contributed by atoms with Gasteiger partial charge < -0.3 is 9.67 Å². The van der Waals surface area contributed by atoms with Gasteiger partial charge in [0.1, 0.15) is 17.4 Å². The average molecular weight is 409 g/mol. The predicted molar refractivity (Wildman–Crippen MR) is 107 cm³/mol. The number of hydrogen-bond acceptors (Lipinski definition) is 6. The standard InChI is InChI=1S/C18H24N4O3S2/c1-11(23)18-21-15-10-19-14-7-8-26-17(14)16(15)22(18)13-5-3-12(4-6-13)9-20-27(2,24)25/h7-8,10-13,20,23H,3-6,9H2,1-2H3/t11-,12?,13?/m1/s1. The van der Waals surface area contributed by atoms with Crippen LogP contribution in [0.2, 0.25) is 0 Å². The molecule has 0 amide bonds. The number of thiophene rings is 1. The molecule has 0 bridgehead atoms. The highest BCUT2D eigenvalue weighted by atomic mass is 32.2. The molecule has 1 saturated carbocycles. The number of aromatic nitrogens is 3. The molecule has 1 aliphatic rings. The lowest BCUT2D eigenvalue weighted by molar-refractivity contribution is 0.175. The van der Waals surface area contributed by atoms with Crippen LogP contribution < -0.4 is 4.72 Å². The third-order valence-electron chi connectivity index (χ3n) is 5.34. The second-order valence-corrected chi connectivity index (χ2v) is 10.2. The van der Waals surface area contributed by atoms with Gasteiger partial charge in [-0.05, 0) is 50.0 Å².